The third-order valence-electron chi connectivity index (χ3n) is 6.42. The minimum absolute atomic E-state index is 0.0983. The molecule has 0 aromatic carbocycles. The average Bonchev–Trinajstić information content (AvgIpc) is 3.59. The van der Waals surface area contributed by atoms with E-state index in [1.54, 1.807) is 0 Å². The van der Waals surface area contributed by atoms with Crippen LogP contribution >= 0.6 is 0 Å². The Bertz CT molecular complexity index is 1020. The lowest BCUT2D eigenvalue weighted by molar-refractivity contribution is -0.141. The number of imidazole rings is 1. The van der Waals surface area contributed by atoms with Gasteiger partial charge in [0.2, 0.25) is 23.6 Å². The molecule has 2 fully saturated rings. The summed E-state index contributed by atoms with van der Waals surface area (Å²) in [5.41, 5.74) is 16.4. The Balaban J connectivity index is 0.000000455. The molecular weight excluding hydrogens is 514 g/mol. The van der Waals surface area contributed by atoms with Crippen LogP contribution in [-0.4, -0.2) is 105 Å². The Kier molecular flexibility index (Phi) is 11.8. The SMILES string of the molecule is CN1C(=O)C[C@@H](C(=O)N[C@@H](Cc2cnc[nH]2)C(=O)N2CCC[C@H]2C(N)=O)NC1=O.NCCCCC(N)C(=O)O. The molecule has 1 aromatic rings. The average molecular weight is 552 g/mol. The van der Waals surface area contributed by atoms with Gasteiger partial charge in [0.15, 0.2) is 0 Å². The maximum absolute atomic E-state index is 13.1. The van der Waals surface area contributed by atoms with Gasteiger partial charge in [-0.05, 0) is 32.2 Å². The van der Waals surface area contributed by atoms with Crippen molar-refractivity contribution in [2.45, 2.75) is 69.1 Å². The number of unbranched alkanes of at least 4 members (excludes halogenated alkanes) is 1. The Morgan fingerprint density at radius 2 is 1.97 bits per heavy atom. The summed E-state index contributed by atoms with van der Waals surface area (Å²) in [6, 6.07) is -4.24. The smallest absolute Gasteiger partial charge is 0.324 e. The first-order chi connectivity index (χ1) is 18.5. The molecule has 6 amide bonds. The lowest BCUT2D eigenvalue weighted by atomic mass is 10.1. The van der Waals surface area contributed by atoms with Gasteiger partial charge in [-0.25, -0.2) is 9.78 Å². The molecule has 0 saturated carbocycles. The van der Waals surface area contributed by atoms with Gasteiger partial charge in [-0.15, -0.1) is 0 Å². The van der Waals surface area contributed by atoms with Crippen LogP contribution in [0.15, 0.2) is 12.5 Å². The number of likely N-dealkylation sites (tertiary alicyclic amines) is 1. The maximum Gasteiger partial charge on any atom is 0.324 e. The van der Waals surface area contributed by atoms with Crippen LogP contribution in [0.25, 0.3) is 0 Å². The van der Waals surface area contributed by atoms with Gasteiger partial charge in [0.25, 0.3) is 0 Å². The molecule has 2 aliphatic rings. The van der Waals surface area contributed by atoms with E-state index in [4.69, 9.17) is 22.3 Å². The number of aromatic nitrogens is 2. The number of primary amides is 1. The largest absolute Gasteiger partial charge is 0.480 e. The fourth-order valence-corrected chi connectivity index (χ4v) is 4.13. The third-order valence-corrected chi connectivity index (χ3v) is 6.42. The van der Waals surface area contributed by atoms with E-state index in [1.807, 2.05) is 0 Å². The third kappa shape index (κ3) is 9.03. The Morgan fingerprint density at radius 3 is 2.54 bits per heavy atom. The number of nitrogens with one attached hydrogen (secondary N) is 3. The van der Waals surface area contributed by atoms with Crippen molar-refractivity contribution in [3.8, 4) is 0 Å². The second-order valence-corrected chi connectivity index (χ2v) is 9.32. The summed E-state index contributed by atoms with van der Waals surface area (Å²) >= 11 is 0. The van der Waals surface area contributed by atoms with Crippen LogP contribution in [0.1, 0.15) is 44.2 Å². The van der Waals surface area contributed by atoms with Crippen molar-refractivity contribution in [1.29, 1.82) is 0 Å². The van der Waals surface area contributed by atoms with Crippen LogP contribution in [-0.2, 0) is 30.4 Å². The maximum atomic E-state index is 13.1. The number of aliphatic carboxylic acids is 1. The number of hydrogen-bond donors (Lipinski definition) is 7. The van der Waals surface area contributed by atoms with E-state index >= 15 is 0 Å². The standard InChI is InChI=1S/C17H23N7O5.C6H14N2O2/c1-23-13(25)6-10(22-17(23)29)15(27)21-11(5-9-7-19-8-20-9)16(28)24-4-2-3-12(24)14(18)26;7-4-2-1-3-5(8)6(9)10/h7-8,10-12H,2-6H2,1H3,(H2,18,26)(H,19,20)(H,21,27)(H,22,29);5H,1-4,7-8H2,(H,9,10)/t10-,11-,12-;/m0./s1. The molecule has 0 bridgehead atoms. The number of carboxylic acid groups (broad SMARTS) is 1. The Morgan fingerprint density at radius 1 is 1.26 bits per heavy atom. The monoisotopic (exact) mass is 551 g/mol. The molecule has 0 spiro atoms. The first-order valence-electron chi connectivity index (χ1n) is 12.6. The molecule has 2 aliphatic heterocycles. The number of aromatic amines is 1. The molecule has 0 radical (unpaired) electrons. The van der Waals surface area contributed by atoms with Crippen molar-refractivity contribution >= 4 is 35.6 Å². The molecule has 3 heterocycles. The number of H-pyrrole nitrogens is 1. The van der Waals surface area contributed by atoms with Crippen molar-refractivity contribution in [2.24, 2.45) is 17.2 Å². The van der Waals surface area contributed by atoms with Crippen LogP contribution in [0.3, 0.4) is 0 Å². The molecule has 39 heavy (non-hydrogen) atoms. The minimum Gasteiger partial charge on any atom is -0.480 e. The van der Waals surface area contributed by atoms with E-state index in [9.17, 15) is 28.8 Å². The number of carboxylic acids is 1. The molecule has 10 N–H and O–H groups in total. The van der Waals surface area contributed by atoms with Crippen LogP contribution in [0.5, 0.6) is 0 Å². The fourth-order valence-electron chi connectivity index (χ4n) is 4.13. The minimum atomic E-state index is -1.09. The van der Waals surface area contributed by atoms with Crippen LogP contribution in [0.4, 0.5) is 4.79 Å². The number of nitrogens with zero attached hydrogens (tertiary/aromatic N) is 3. The highest BCUT2D eigenvalue weighted by atomic mass is 16.4. The van der Waals surface area contributed by atoms with Gasteiger partial charge in [-0.2, -0.15) is 0 Å². The molecule has 1 aromatic heterocycles. The highest BCUT2D eigenvalue weighted by molar-refractivity contribution is 6.03. The molecule has 16 heteroatoms. The van der Waals surface area contributed by atoms with E-state index in [-0.39, 0.29) is 12.8 Å². The summed E-state index contributed by atoms with van der Waals surface area (Å²) in [4.78, 5) is 80.3. The summed E-state index contributed by atoms with van der Waals surface area (Å²) < 4.78 is 0. The van der Waals surface area contributed by atoms with Gasteiger partial charge >= 0.3 is 12.0 Å². The summed E-state index contributed by atoms with van der Waals surface area (Å²) in [6.07, 6.45) is 6.10. The van der Waals surface area contributed by atoms with Gasteiger partial charge in [0, 0.05) is 31.9 Å². The molecule has 4 atom stereocenters. The molecular formula is C23H37N9O7. The number of amides is 6. The second-order valence-electron chi connectivity index (χ2n) is 9.32. The van der Waals surface area contributed by atoms with Crippen LogP contribution in [0.2, 0.25) is 0 Å². The first-order valence-corrected chi connectivity index (χ1v) is 12.6. The predicted octanol–water partition coefficient (Wildman–Crippen LogP) is -2.62. The van der Waals surface area contributed by atoms with E-state index in [0.29, 0.717) is 38.0 Å². The summed E-state index contributed by atoms with van der Waals surface area (Å²) in [5.74, 6) is -3.15. The quantitative estimate of drug-likeness (QED) is 0.141. The number of hydrogen-bond acceptors (Lipinski definition) is 9. The molecule has 0 aliphatic carbocycles. The zero-order valence-electron chi connectivity index (χ0n) is 21.8. The van der Waals surface area contributed by atoms with Crippen LogP contribution < -0.4 is 27.8 Å². The second kappa shape index (κ2) is 14.8. The highest BCUT2D eigenvalue weighted by Gasteiger charge is 2.39. The number of carbonyl (C=O) groups is 6. The van der Waals surface area contributed by atoms with E-state index in [1.165, 1.54) is 24.5 Å². The predicted molar refractivity (Wildman–Crippen MR) is 136 cm³/mol. The number of imide groups is 1. The van der Waals surface area contributed by atoms with Gasteiger partial charge in [0.1, 0.15) is 24.2 Å². The van der Waals surface area contributed by atoms with E-state index in [2.05, 4.69) is 20.6 Å². The van der Waals surface area contributed by atoms with Gasteiger partial charge < -0.3 is 42.8 Å². The van der Waals surface area contributed by atoms with E-state index < -0.39 is 59.8 Å². The number of carbonyl (C=O) groups excluding carboxylic acids is 5. The number of nitrogens with two attached hydrogens (primary N) is 3. The molecule has 216 valence electrons. The highest BCUT2D eigenvalue weighted by Crippen LogP contribution is 2.19. The Hall–Kier alpha value is -4.05. The van der Waals surface area contributed by atoms with Crippen molar-refractivity contribution < 1.29 is 33.9 Å². The lowest BCUT2D eigenvalue weighted by Gasteiger charge is -2.31. The number of urea groups is 1. The van der Waals surface area contributed by atoms with Crippen molar-refractivity contribution in [2.75, 3.05) is 20.1 Å². The summed E-state index contributed by atoms with van der Waals surface area (Å²) in [5, 5.41) is 13.4. The van der Waals surface area contributed by atoms with Gasteiger partial charge in [-0.3, -0.25) is 28.9 Å². The van der Waals surface area contributed by atoms with Crippen LogP contribution in [0, 0.1) is 0 Å². The normalized spacial score (nSPS) is 20.4. The zero-order valence-corrected chi connectivity index (χ0v) is 21.8. The van der Waals surface area contributed by atoms with Gasteiger partial charge in [-0.1, -0.05) is 6.42 Å². The molecule has 3 rings (SSSR count). The number of rotatable bonds is 11. The summed E-state index contributed by atoms with van der Waals surface area (Å²) in [6.45, 7) is 0.956. The summed E-state index contributed by atoms with van der Waals surface area (Å²) in [7, 11) is 1.31. The van der Waals surface area contributed by atoms with Gasteiger partial charge in [0.05, 0.1) is 12.7 Å². The first kappa shape index (κ1) is 31.2. The lowest BCUT2D eigenvalue weighted by Crippen LogP contribution is -2.61. The van der Waals surface area contributed by atoms with Crippen molar-refractivity contribution in [3.63, 3.8) is 0 Å². The van der Waals surface area contributed by atoms with E-state index in [0.717, 1.165) is 17.7 Å². The van der Waals surface area contributed by atoms with Crippen molar-refractivity contribution in [3.05, 3.63) is 18.2 Å². The topological polar surface area (TPSA) is 260 Å². The fraction of sp³-hybridized carbons (Fsp3) is 0.609. The molecule has 2 saturated heterocycles. The van der Waals surface area contributed by atoms with Crippen molar-refractivity contribution in [1.82, 2.24) is 30.4 Å². The molecule has 16 nitrogen and oxygen atoms in total. The Labute approximate surface area is 225 Å². The molecule has 1 unspecified atom stereocenters. The zero-order chi connectivity index (χ0) is 29.1.